The van der Waals surface area contributed by atoms with Crippen molar-refractivity contribution in [1.82, 2.24) is 9.55 Å². The molecule has 1 unspecified atom stereocenters. The minimum absolute atomic E-state index is 0.589. The van der Waals surface area contributed by atoms with Crippen molar-refractivity contribution in [2.24, 2.45) is 0 Å². The Hall–Kier alpha value is -0.790. The Balaban J connectivity index is 2.45. The Bertz CT molecular complexity index is 597. The fourth-order valence-corrected chi connectivity index (χ4v) is 6.53. The topological polar surface area (TPSA) is 17.8 Å². The molecule has 0 radical (unpaired) electrons. The van der Waals surface area contributed by atoms with Crippen molar-refractivity contribution in [2.75, 3.05) is 0 Å². The Morgan fingerprint density at radius 3 is 1.18 bits per heavy atom. The van der Waals surface area contributed by atoms with Crippen LogP contribution in [0.4, 0.5) is 0 Å². The van der Waals surface area contributed by atoms with Crippen LogP contribution in [0.3, 0.4) is 0 Å². The van der Waals surface area contributed by atoms with Crippen molar-refractivity contribution in [2.45, 2.75) is 226 Å². The summed E-state index contributed by atoms with van der Waals surface area (Å²) < 4.78 is 2.57. The lowest BCUT2D eigenvalue weighted by molar-refractivity contribution is 0.412. The molecule has 236 valence electrons. The third-order valence-corrected chi connectivity index (χ3v) is 9.33. The zero-order valence-electron chi connectivity index (χ0n) is 28.2. The maximum absolute atomic E-state index is 5.00. The van der Waals surface area contributed by atoms with Gasteiger partial charge in [0.2, 0.25) is 0 Å². The van der Waals surface area contributed by atoms with Crippen LogP contribution in [-0.4, -0.2) is 9.55 Å². The van der Waals surface area contributed by atoms with E-state index in [1.807, 2.05) is 0 Å². The third-order valence-electron chi connectivity index (χ3n) is 9.33. The molecule has 0 saturated heterocycles. The quantitative estimate of drug-likeness (QED) is 0.0828. The molecule has 1 atom stereocenters. The second-order valence-electron chi connectivity index (χ2n) is 13.2. The average Bonchev–Trinajstić information content (AvgIpc) is 3.45. The summed E-state index contributed by atoms with van der Waals surface area (Å²) >= 11 is 0. The lowest BCUT2D eigenvalue weighted by atomic mass is 9.92. The van der Waals surface area contributed by atoms with Crippen molar-refractivity contribution in [3.8, 4) is 0 Å². The SMILES string of the molecule is CCCCCCCCCCCCC(CCCCCCCCCCCC)c1nccn1C(C)CCCCCCCC. The number of nitrogens with zero attached hydrogens (tertiary/aromatic N) is 2. The highest BCUT2D eigenvalue weighted by Gasteiger charge is 2.19. The summed E-state index contributed by atoms with van der Waals surface area (Å²) in [5.41, 5.74) is 0. The predicted molar refractivity (Wildman–Crippen MR) is 181 cm³/mol. The second kappa shape index (κ2) is 28.3. The lowest BCUT2D eigenvalue weighted by Crippen LogP contribution is -2.13. The van der Waals surface area contributed by atoms with Gasteiger partial charge in [-0.15, -0.1) is 0 Å². The molecule has 2 nitrogen and oxygen atoms in total. The normalized spacial score (nSPS) is 12.5. The van der Waals surface area contributed by atoms with Gasteiger partial charge in [0.1, 0.15) is 5.82 Å². The summed E-state index contributed by atoms with van der Waals surface area (Å²) in [5, 5.41) is 0. The molecule has 0 N–H and O–H groups in total. The molecule has 0 amide bonds. The van der Waals surface area contributed by atoms with Gasteiger partial charge in [-0.05, 0) is 26.2 Å². The van der Waals surface area contributed by atoms with Gasteiger partial charge in [-0.1, -0.05) is 188 Å². The van der Waals surface area contributed by atoms with E-state index in [9.17, 15) is 0 Å². The van der Waals surface area contributed by atoms with Gasteiger partial charge in [-0.3, -0.25) is 0 Å². The first-order valence-corrected chi connectivity index (χ1v) is 18.8. The molecule has 0 aliphatic heterocycles. The average molecular weight is 559 g/mol. The molecule has 0 aliphatic rings. The van der Waals surface area contributed by atoms with Gasteiger partial charge in [0.25, 0.3) is 0 Å². The second-order valence-corrected chi connectivity index (χ2v) is 13.2. The fraction of sp³-hybridized carbons (Fsp3) is 0.921. The molecule has 1 aromatic heterocycles. The lowest BCUT2D eigenvalue weighted by Gasteiger charge is -2.22. The van der Waals surface area contributed by atoms with E-state index >= 15 is 0 Å². The first kappa shape index (κ1) is 37.2. The molecule has 0 aromatic carbocycles. The van der Waals surface area contributed by atoms with Crippen molar-refractivity contribution in [3.05, 3.63) is 18.2 Å². The Morgan fingerprint density at radius 1 is 0.475 bits per heavy atom. The Morgan fingerprint density at radius 2 is 0.800 bits per heavy atom. The molecule has 0 saturated carbocycles. The van der Waals surface area contributed by atoms with E-state index in [1.54, 1.807) is 0 Å². The van der Waals surface area contributed by atoms with Crippen LogP contribution in [0.5, 0.6) is 0 Å². The highest BCUT2D eigenvalue weighted by molar-refractivity contribution is 5.02. The number of rotatable bonds is 31. The summed E-state index contributed by atoms with van der Waals surface area (Å²) in [6.45, 7) is 9.37. The van der Waals surface area contributed by atoms with Crippen molar-refractivity contribution in [1.29, 1.82) is 0 Å². The number of aromatic nitrogens is 2. The number of hydrogen-bond acceptors (Lipinski definition) is 1. The van der Waals surface area contributed by atoms with Crippen LogP contribution in [0.25, 0.3) is 0 Å². The van der Waals surface area contributed by atoms with Gasteiger partial charge in [0.05, 0.1) is 0 Å². The van der Waals surface area contributed by atoms with E-state index in [0.717, 1.165) is 0 Å². The minimum atomic E-state index is 0.589. The highest BCUT2D eigenvalue weighted by atomic mass is 15.1. The van der Waals surface area contributed by atoms with Crippen molar-refractivity contribution in [3.63, 3.8) is 0 Å². The van der Waals surface area contributed by atoms with E-state index in [0.29, 0.717) is 12.0 Å². The van der Waals surface area contributed by atoms with E-state index < -0.39 is 0 Å². The largest absolute Gasteiger partial charge is 0.332 e. The molecule has 40 heavy (non-hydrogen) atoms. The summed E-state index contributed by atoms with van der Waals surface area (Å²) in [6, 6.07) is 0.589. The monoisotopic (exact) mass is 559 g/mol. The molecule has 1 rings (SSSR count). The van der Waals surface area contributed by atoms with Crippen molar-refractivity contribution < 1.29 is 0 Å². The smallest absolute Gasteiger partial charge is 0.111 e. The Labute approximate surface area is 253 Å². The van der Waals surface area contributed by atoms with Gasteiger partial charge in [-0.25, -0.2) is 4.98 Å². The van der Waals surface area contributed by atoms with E-state index in [-0.39, 0.29) is 0 Å². The maximum atomic E-state index is 5.00. The van der Waals surface area contributed by atoms with Gasteiger partial charge < -0.3 is 4.57 Å². The summed E-state index contributed by atoms with van der Waals surface area (Å²) in [6.07, 6.45) is 45.2. The highest BCUT2D eigenvalue weighted by Crippen LogP contribution is 2.31. The maximum Gasteiger partial charge on any atom is 0.111 e. The zero-order chi connectivity index (χ0) is 28.9. The third kappa shape index (κ3) is 20.1. The molecule has 0 spiro atoms. The molecule has 1 aromatic rings. The minimum Gasteiger partial charge on any atom is -0.332 e. The molecule has 0 fully saturated rings. The van der Waals surface area contributed by atoms with Gasteiger partial charge in [0, 0.05) is 24.4 Å². The van der Waals surface area contributed by atoms with Crippen LogP contribution in [0.1, 0.15) is 232 Å². The molecule has 0 aliphatic carbocycles. The first-order chi connectivity index (χ1) is 19.7. The standard InChI is InChI=1S/C38H74N2/c1-5-8-11-14-17-19-21-23-26-29-32-37(33-30-27-24-22-20-18-15-12-9-6-2)38-39-34-35-40(38)36(4)31-28-25-16-13-10-7-3/h34-37H,5-33H2,1-4H3. The molecular formula is C38H74N2. The molecular weight excluding hydrogens is 484 g/mol. The van der Waals surface area contributed by atoms with Crippen LogP contribution in [0.2, 0.25) is 0 Å². The van der Waals surface area contributed by atoms with Crippen molar-refractivity contribution >= 4 is 0 Å². The van der Waals surface area contributed by atoms with Crippen LogP contribution in [-0.2, 0) is 0 Å². The summed E-state index contributed by atoms with van der Waals surface area (Å²) in [7, 11) is 0. The summed E-state index contributed by atoms with van der Waals surface area (Å²) in [4.78, 5) is 5.00. The molecule has 1 heterocycles. The number of imidazole rings is 1. The first-order valence-electron chi connectivity index (χ1n) is 18.8. The molecule has 0 bridgehead atoms. The Kier molecular flexibility index (Phi) is 26.4. The van der Waals surface area contributed by atoms with E-state index in [2.05, 4.69) is 44.7 Å². The van der Waals surface area contributed by atoms with Gasteiger partial charge in [-0.2, -0.15) is 0 Å². The van der Waals surface area contributed by atoms with Crippen LogP contribution in [0, 0.1) is 0 Å². The van der Waals surface area contributed by atoms with E-state index in [1.165, 1.54) is 192 Å². The zero-order valence-corrected chi connectivity index (χ0v) is 28.2. The van der Waals surface area contributed by atoms with Crippen LogP contribution in [0.15, 0.2) is 12.4 Å². The fourth-order valence-electron chi connectivity index (χ4n) is 6.53. The predicted octanol–water partition coefficient (Wildman–Crippen LogP) is 13.9. The van der Waals surface area contributed by atoms with Crippen LogP contribution < -0.4 is 0 Å². The van der Waals surface area contributed by atoms with E-state index in [4.69, 9.17) is 4.98 Å². The van der Waals surface area contributed by atoms with Gasteiger partial charge >= 0.3 is 0 Å². The summed E-state index contributed by atoms with van der Waals surface area (Å²) in [5.74, 6) is 2.07. The number of unbranched alkanes of at least 4 members (excludes halogenated alkanes) is 23. The molecule has 2 heteroatoms. The number of hydrogen-bond donors (Lipinski definition) is 0. The van der Waals surface area contributed by atoms with Crippen LogP contribution >= 0.6 is 0 Å². The van der Waals surface area contributed by atoms with Gasteiger partial charge in [0.15, 0.2) is 0 Å².